The van der Waals surface area contributed by atoms with Gasteiger partial charge in [0.2, 0.25) is 0 Å². The van der Waals surface area contributed by atoms with E-state index in [0.29, 0.717) is 29.4 Å². The molecule has 1 fully saturated rings. The van der Waals surface area contributed by atoms with Crippen molar-refractivity contribution in [1.29, 1.82) is 0 Å². The van der Waals surface area contributed by atoms with Gasteiger partial charge in [-0.3, -0.25) is 9.59 Å². The van der Waals surface area contributed by atoms with Crippen molar-refractivity contribution < 1.29 is 23.9 Å². The van der Waals surface area contributed by atoms with Crippen LogP contribution in [0.25, 0.3) is 0 Å². The SMILES string of the molecule is CSc1ccc(C(=O)C2CN(C(=O)Oc3ccc(Cl)cc3)CC2CCc2cc(C)c(OC(C)(C)C(C)=O)c(C)c2)cc1. The summed E-state index contributed by atoms with van der Waals surface area (Å²) in [5.74, 6) is 0.747. The summed E-state index contributed by atoms with van der Waals surface area (Å²) in [5.41, 5.74) is 2.78. The number of benzene rings is 3. The number of ketones is 2. The summed E-state index contributed by atoms with van der Waals surface area (Å²) in [6.45, 7) is 9.77. The van der Waals surface area contributed by atoms with Crippen LogP contribution in [0.3, 0.4) is 0 Å². The molecule has 1 amide bonds. The number of carbonyl (C=O) groups is 3. The fourth-order valence-corrected chi connectivity index (χ4v) is 5.81. The van der Waals surface area contributed by atoms with Crippen LogP contribution in [0.2, 0.25) is 5.02 Å². The molecule has 3 aromatic rings. The smallest absolute Gasteiger partial charge is 0.415 e. The second-order valence-electron chi connectivity index (χ2n) is 11.5. The molecule has 1 heterocycles. The molecule has 3 aromatic carbocycles. The number of Topliss-reactive ketones (excluding diaryl/α,β-unsaturated/α-hetero) is 2. The first-order chi connectivity index (χ1) is 19.9. The minimum atomic E-state index is -0.910. The molecule has 1 aliphatic heterocycles. The molecular weight excluding hydrogens is 570 g/mol. The highest BCUT2D eigenvalue weighted by Gasteiger charge is 2.40. The molecule has 2 unspecified atom stereocenters. The zero-order valence-electron chi connectivity index (χ0n) is 25.0. The van der Waals surface area contributed by atoms with E-state index in [4.69, 9.17) is 21.1 Å². The van der Waals surface area contributed by atoms with Gasteiger partial charge in [-0.05, 0) is 113 Å². The molecule has 6 nitrogen and oxygen atoms in total. The van der Waals surface area contributed by atoms with Crippen LogP contribution in [-0.4, -0.2) is 47.5 Å². The summed E-state index contributed by atoms with van der Waals surface area (Å²) >= 11 is 7.60. The summed E-state index contributed by atoms with van der Waals surface area (Å²) in [5, 5.41) is 0.557. The Labute approximate surface area is 257 Å². The van der Waals surface area contributed by atoms with Gasteiger partial charge in [-0.1, -0.05) is 35.9 Å². The summed E-state index contributed by atoms with van der Waals surface area (Å²) < 4.78 is 11.7. The number of hydrogen-bond donors (Lipinski definition) is 0. The Bertz CT molecular complexity index is 1430. The van der Waals surface area contributed by atoms with Crippen molar-refractivity contribution in [2.75, 3.05) is 19.3 Å². The van der Waals surface area contributed by atoms with E-state index >= 15 is 0 Å². The quantitative estimate of drug-likeness (QED) is 0.172. The van der Waals surface area contributed by atoms with Crippen LogP contribution in [0.1, 0.15) is 54.2 Å². The minimum absolute atomic E-state index is 0.0375. The maximum absolute atomic E-state index is 13.7. The van der Waals surface area contributed by atoms with Gasteiger partial charge in [-0.2, -0.15) is 0 Å². The Balaban J connectivity index is 1.52. The summed E-state index contributed by atoms with van der Waals surface area (Å²) in [4.78, 5) is 41.6. The Morgan fingerprint density at radius 1 is 0.976 bits per heavy atom. The van der Waals surface area contributed by atoms with E-state index in [-0.39, 0.29) is 23.4 Å². The molecule has 222 valence electrons. The standard InChI is InChI=1S/C34H38ClNO5S/c1-21-17-24(18-22(2)32(21)41-34(4,5)23(3)37)7-8-26-19-36(33(39)40-28-13-11-27(35)12-14-28)20-30(26)31(38)25-9-15-29(42-6)16-10-25/h9-18,26,30H,7-8,19-20H2,1-6H3. The number of rotatable bonds is 10. The van der Waals surface area contributed by atoms with E-state index in [1.165, 1.54) is 6.92 Å². The van der Waals surface area contributed by atoms with Gasteiger partial charge in [0.1, 0.15) is 11.5 Å². The lowest BCUT2D eigenvalue weighted by Gasteiger charge is -2.26. The molecule has 1 aliphatic rings. The molecular formula is C34H38ClNO5S. The van der Waals surface area contributed by atoms with Gasteiger partial charge in [0.25, 0.3) is 0 Å². The molecule has 0 bridgehead atoms. The van der Waals surface area contributed by atoms with E-state index in [9.17, 15) is 14.4 Å². The second-order valence-corrected chi connectivity index (χ2v) is 12.8. The summed E-state index contributed by atoms with van der Waals surface area (Å²) in [7, 11) is 0. The molecule has 1 saturated heterocycles. The van der Waals surface area contributed by atoms with Gasteiger partial charge in [0, 0.05) is 34.5 Å². The van der Waals surface area contributed by atoms with Crippen LogP contribution in [0.15, 0.2) is 65.6 Å². The first-order valence-corrected chi connectivity index (χ1v) is 15.7. The van der Waals surface area contributed by atoms with E-state index < -0.39 is 11.7 Å². The highest BCUT2D eigenvalue weighted by Crippen LogP contribution is 2.34. The zero-order valence-corrected chi connectivity index (χ0v) is 26.6. The fourth-order valence-electron chi connectivity index (χ4n) is 5.27. The summed E-state index contributed by atoms with van der Waals surface area (Å²) in [6, 6.07) is 18.5. The van der Waals surface area contributed by atoms with Crippen molar-refractivity contribution in [3.05, 3.63) is 87.9 Å². The monoisotopic (exact) mass is 607 g/mol. The van der Waals surface area contributed by atoms with E-state index in [1.807, 2.05) is 44.4 Å². The Morgan fingerprint density at radius 3 is 2.17 bits per heavy atom. The molecule has 0 aromatic heterocycles. The average Bonchev–Trinajstić information content (AvgIpc) is 3.39. The Morgan fingerprint density at radius 2 is 1.60 bits per heavy atom. The number of carbonyl (C=O) groups excluding carboxylic acids is 3. The predicted molar refractivity (Wildman–Crippen MR) is 168 cm³/mol. The number of likely N-dealkylation sites (tertiary alicyclic amines) is 1. The van der Waals surface area contributed by atoms with Crippen LogP contribution >= 0.6 is 23.4 Å². The molecule has 2 atom stereocenters. The minimum Gasteiger partial charge on any atom is -0.480 e. The van der Waals surface area contributed by atoms with Crippen molar-refractivity contribution >= 4 is 41.0 Å². The average molecular weight is 608 g/mol. The number of halogens is 1. The zero-order chi connectivity index (χ0) is 30.6. The van der Waals surface area contributed by atoms with Crippen molar-refractivity contribution in [2.45, 2.75) is 58.0 Å². The number of thioether (sulfide) groups is 1. The van der Waals surface area contributed by atoms with E-state index in [2.05, 4.69) is 12.1 Å². The fraction of sp³-hybridized carbons (Fsp3) is 0.382. The molecule has 0 radical (unpaired) electrons. The molecule has 42 heavy (non-hydrogen) atoms. The van der Waals surface area contributed by atoms with Crippen molar-refractivity contribution in [3.63, 3.8) is 0 Å². The van der Waals surface area contributed by atoms with E-state index in [0.717, 1.165) is 40.2 Å². The van der Waals surface area contributed by atoms with Gasteiger partial charge in [0.15, 0.2) is 17.2 Å². The largest absolute Gasteiger partial charge is 0.480 e. The maximum atomic E-state index is 13.7. The van der Waals surface area contributed by atoms with Gasteiger partial charge in [-0.15, -0.1) is 11.8 Å². The van der Waals surface area contributed by atoms with Crippen LogP contribution < -0.4 is 9.47 Å². The molecule has 0 aliphatic carbocycles. The Kier molecular flexibility index (Phi) is 10.1. The summed E-state index contributed by atoms with van der Waals surface area (Å²) in [6.07, 6.45) is 2.98. The highest BCUT2D eigenvalue weighted by molar-refractivity contribution is 7.98. The van der Waals surface area contributed by atoms with Gasteiger partial charge >= 0.3 is 6.09 Å². The van der Waals surface area contributed by atoms with Gasteiger partial charge in [0.05, 0.1) is 0 Å². The third-order valence-electron chi connectivity index (χ3n) is 7.96. The van der Waals surface area contributed by atoms with Crippen molar-refractivity contribution in [1.82, 2.24) is 4.90 Å². The lowest BCUT2D eigenvalue weighted by atomic mass is 9.84. The van der Waals surface area contributed by atoms with Crippen LogP contribution in [-0.2, 0) is 11.2 Å². The molecule has 0 spiro atoms. The van der Waals surface area contributed by atoms with E-state index in [1.54, 1.807) is 54.8 Å². The number of amides is 1. The van der Waals surface area contributed by atoms with Crippen molar-refractivity contribution in [3.8, 4) is 11.5 Å². The number of nitrogens with zero attached hydrogens (tertiary/aromatic N) is 1. The van der Waals surface area contributed by atoms with Crippen LogP contribution in [0, 0.1) is 25.7 Å². The lowest BCUT2D eigenvalue weighted by Crippen LogP contribution is -2.36. The second kappa shape index (κ2) is 13.3. The molecule has 0 saturated carbocycles. The van der Waals surface area contributed by atoms with Gasteiger partial charge in [-0.25, -0.2) is 4.79 Å². The third-order valence-corrected chi connectivity index (χ3v) is 8.95. The van der Waals surface area contributed by atoms with Crippen LogP contribution in [0.5, 0.6) is 11.5 Å². The highest BCUT2D eigenvalue weighted by atomic mass is 35.5. The molecule has 4 rings (SSSR count). The van der Waals surface area contributed by atoms with Crippen LogP contribution in [0.4, 0.5) is 4.79 Å². The topological polar surface area (TPSA) is 72.9 Å². The number of hydrogen-bond acceptors (Lipinski definition) is 6. The molecule has 0 N–H and O–H groups in total. The number of ether oxygens (including phenoxy) is 2. The predicted octanol–water partition coefficient (Wildman–Crippen LogP) is 7.99. The normalized spacial score (nSPS) is 16.8. The third kappa shape index (κ3) is 7.56. The number of aryl methyl sites for hydroxylation is 3. The maximum Gasteiger partial charge on any atom is 0.415 e. The first kappa shape index (κ1) is 31.6. The molecule has 8 heteroatoms. The Hall–Kier alpha value is -3.29. The first-order valence-electron chi connectivity index (χ1n) is 14.1. The van der Waals surface area contributed by atoms with Gasteiger partial charge < -0.3 is 14.4 Å². The van der Waals surface area contributed by atoms with Crippen molar-refractivity contribution in [2.24, 2.45) is 11.8 Å². The lowest BCUT2D eigenvalue weighted by molar-refractivity contribution is -0.129.